The summed E-state index contributed by atoms with van der Waals surface area (Å²) in [5.41, 5.74) is 6.40. The van der Waals surface area contributed by atoms with E-state index in [-0.39, 0.29) is 0 Å². The first-order chi connectivity index (χ1) is 19.7. The summed E-state index contributed by atoms with van der Waals surface area (Å²) in [4.78, 5) is 0. The van der Waals surface area contributed by atoms with E-state index in [0.717, 1.165) is 33.4 Å². The van der Waals surface area contributed by atoms with Crippen LogP contribution in [0.3, 0.4) is 0 Å². The van der Waals surface area contributed by atoms with Gasteiger partial charge >= 0.3 is 7.60 Å². The lowest BCUT2D eigenvalue weighted by atomic mass is 10.1. The maximum atomic E-state index is 14.5. The zero-order valence-corrected chi connectivity index (χ0v) is 22.7. The topological polar surface area (TPSA) is 35.5 Å². The highest BCUT2D eigenvalue weighted by molar-refractivity contribution is 7.63. The highest BCUT2D eigenvalue weighted by atomic mass is 31.2. The summed E-state index contributed by atoms with van der Waals surface area (Å²) in [6.45, 7) is 0. The SMILES string of the molecule is O=P(Oc1ccc(-c2ccccc2)cc1)(Oc1ccc(-c2ccccc2)cc1)c1ccc(-c2ccccc2)cc1. The Morgan fingerprint density at radius 2 is 0.600 bits per heavy atom. The van der Waals surface area contributed by atoms with Gasteiger partial charge in [-0.05, 0) is 69.8 Å². The minimum absolute atomic E-state index is 0.469. The first kappa shape index (κ1) is 25.4. The van der Waals surface area contributed by atoms with Gasteiger partial charge < -0.3 is 9.05 Å². The predicted molar refractivity (Wildman–Crippen MR) is 164 cm³/mol. The van der Waals surface area contributed by atoms with E-state index in [4.69, 9.17) is 9.05 Å². The molecule has 3 nitrogen and oxygen atoms in total. The Labute approximate surface area is 234 Å². The summed E-state index contributed by atoms with van der Waals surface area (Å²) < 4.78 is 26.8. The average Bonchev–Trinajstić information content (AvgIpc) is 3.03. The molecule has 0 aliphatic carbocycles. The zero-order valence-electron chi connectivity index (χ0n) is 21.8. The van der Waals surface area contributed by atoms with Crippen molar-refractivity contribution in [2.24, 2.45) is 0 Å². The van der Waals surface area contributed by atoms with Crippen LogP contribution in [0.2, 0.25) is 0 Å². The van der Waals surface area contributed by atoms with Crippen molar-refractivity contribution in [1.29, 1.82) is 0 Å². The highest BCUT2D eigenvalue weighted by Gasteiger charge is 2.31. The normalized spacial score (nSPS) is 11.1. The van der Waals surface area contributed by atoms with E-state index in [2.05, 4.69) is 24.3 Å². The Morgan fingerprint density at radius 3 is 0.925 bits per heavy atom. The Kier molecular flexibility index (Phi) is 7.30. The van der Waals surface area contributed by atoms with Gasteiger partial charge in [0.05, 0.1) is 5.30 Å². The van der Waals surface area contributed by atoms with Crippen LogP contribution in [0.4, 0.5) is 0 Å². The smallest absolute Gasteiger partial charge is 0.413 e. The molecule has 194 valence electrons. The van der Waals surface area contributed by atoms with Crippen molar-refractivity contribution >= 4 is 12.9 Å². The molecule has 4 heteroatoms. The van der Waals surface area contributed by atoms with E-state index in [1.54, 1.807) is 0 Å². The Morgan fingerprint density at radius 1 is 0.325 bits per heavy atom. The Bertz CT molecular complexity index is 1630. The van der Waals surface area contributed by atoms with Crippen molar-refractivity contribution in [2.75, 3.05) is 0 Å². The van der Waals surface area contributed by atoms with Crippen LogP contribution in [0.1, 0.15) is 0 Å². The van der Waals surface area contributed by atoms with Crippen LogP contribution >= 0.6 is 7.60 Å². The zero-order chi connectivity index (χ0) is 27.2. The van der Waals surface area contributed by atoms with Crippen LogP contribution in [0, 0.1) is 0 Å². The predicted octanol–water partition coefficient (Wildman–Crippen LogP) is 9.66. The fourth-order valence-electron chi connectivity index (χ4n) is 4.55. The van der Waals surface area contributed by atoms with Crippen molar-refractivity contribution in [1.82, 2.24) is 0 Å². The number of hydrogen-bond acceptors (Lipinski definition) is 3. The van der Waals surface area contributed by atoms with Crippen LogP contribution in [0.15, 0.2) is 164 Å². The monoisotopic (exact) mass is 538 g/mol. The third kappa shape index (κ3) is 5.76. The van der Waals surface area contributed by atoms with Crippen molar-refractivity contribution in [3.8, 4) is 44.9 Å². The molecule has 0 atom stereocenters. The molecular weight excluding hydrogens is 511 g/mol. The fourth-order valence-corrected chi connectivity index (χ4v) is 6.11. The molecule has 0 unspecified atom stereocenters. The molecule has 0 aliphatic rings. The van der Waals surface area contributed by atoms with Gasteiger partial charge in [-0.3, -0.25) is 0 Å². The van der Waals surface area contributed by atoms with E-state index < -0.39 is 7.60 Å². The van der Waals surface area contributed by atoms with Gasteiger partial charge in [0.2, 0.25) is 0 Å². The first-order valence-corrected chi connectivity index (χ1v) is 14.7. The molecule has 6 aromatic rings. The molecule has 0 spiro atoms. The van der Waals surface area contributed by atoms with Crippen molar-refractivity contribution in [2.45, 2.75) is 0 Å². The number of hydrogen-bond donors (Lipinski definition) is 0. The van der Waals surface area contributed by atoms with E-state index in [9.17, 15) is 4.57 Å². The first-order valence-electron chi connectivity index (χ1n) is 13.1. The van der Waals surface area contributed by atoms with Crippen LogP contribution in [0.25, 0.3) is 33.4 Å². The second kappa shape index (κ2) is 11.5. The minimum Gasteiger partial charge on any atom is -0.413 e. The van der Waals surface area contributed by atoms with Crippen LogP contribution in [0.5, 0.6) is 11.5 Å². The summed E-state index contributed by atoms with van der Waals surface area (Å²) in [5, 5.41) is 0.478. The standard InChI is InChI=1S/C36H27O3P/c37-40(36-26-20-33(21-27-36)30-14-8-3-9-15-30,38-34-22-16-31(17-23-34)28-10-4-1-5-11-28)39-35-24-18-32(19-25-35)29-12-6-2-7-13-29/h1-27H. The van der Waals surface area contributed by atoms with Gasteiger partial charge in [0.25, 0.3) is 0 Å². The van der Waals surface area contributed by atoms with Gasteiger partial charge in [0, 0.05) is 0 Å². The molecule has 0 fully saturated rings. The molecule has 0 aliphatic heterocycles. The molecule has 0 saturated heterocycles. The van der Waals surface area contributed by atoms with E-state index in [0.29, 0.717) is 16.8 Å². The van der Waals surface area contributed by atoms with E-state index in [1.165, 1.54) is 0 Å². The molecule has 0 aromatic heterocycles. The molecule has 0 heterocycles. The molecule has 0 saturated carbocycles. The van der Waals surface area contributed by atoms with Crippen molar-refractivity contribution in [3.63, 3.8) is 0 Å². The van der Waals surface area contributed by atoms with Crippen molar-refractivity contribution in [3.05, 3.63) is 164 Å². The lowest BCUT2D eigenvalue weighted by Gasteiger charge is -2.21. The number of benzene rings is 6. The van der Waals surface area contributed by atoms with Gasteiger partial charge in [-0.1, -0.05) is 127 Å². The molecule has 0 radical (unpaired) electrons. The molecule has 0 N–H and O–H groups in total. The molecule has 6 rings (SSSR count). The summed E-state index contributed by atoms with van der Waals surface area (Å²) in [6.07, 6.45) is 0. The Balaban J connectivity index is 1.31. The van der Waals surface area contributed by atoms with Crippen LogP contribution < -0.4 is 14.4 Å². The molecule has 0 bridgehead atoms. The van der Waals surface area contributed by atoms with Crippen LogP contribution in [-0.2, 0) is 4.57 Å². The second-order valence-corrected chi connectivity index (χ2v) is 11.3. The molecular formula is C36H27O3P. The number of rotatable bonds is 8. The third-order valence-electron chi connectivity index (χ3n) is 6.66. The van der Waals surface area contributed by atoms with Gasteiger partial charge in [-0.2, -0.15) is 0 Å². The molecule has 40 heavy (non-hydrogen) atoms. The average molecular weight is 539 g/mol. The highest BCUT2D eigenvalue weighted by Crippen LogP contribution is 2.48. The lowest BCUT2D eigenvalue weighted by molar-refractivity contribution is 0.399. The Hall–Kier alpha value is -4.85. The second-order valence-electron chi connectivity index (χ2n) is 9.37. The van der Waals surface area contributed by atoms with Gasteiger partial charge in [0.15, 0.2) is 0 Å². The summed E-state index contributed by atoms with van der Waals surface area (Å²) in [6, 6.07) is 53.0. The summed E-state index contributed by atoms with van der Waals surface area (Å²) in [5.74, 6) is 0.937. The van der Waals surface area contributed by atoms with Gasteiger partial charge in [-0.25, -0.2) is 4.57 Å². The lowest BCUT2D eigenvalue weighted by Crippen LogP contribution is -2.14. The third-order valence-corrected chi connectivity index (χ3v) is 8.50. The summed E-state index contributed by atoms with van der Waals surface area (Å²) >= 11 is 0. The largest absolute Gasteiger partial charge is 0.462 e. The fraction of sp³-hybridized carbons (Fsp3) is 0. The van der Waals surface area contributed by atoms with E-state index in [1.807, 2.05) is 140 Å². The van der Waals surface area contributed by atoms with Crippen LogP contribution in [-0.4, -0.2) is 0 Å². The maximum Gasteiger partial charge on any atom is 0.462 e. The van der Waals surface area contributed by atoms with Gasteiger partial charge in [-0.15, -0.1) is 0 Å². The minimum atomic E-state index is -3.80. The molecule has 6 aromatic carbocycles. The van der Waals surface area contributed by atoms with Crippen molar-refractivity contribution < 1.29 is 13.6 Å². The maximum absolute atomic E-state index is 14.5. The van der Waals surface area contributed by atoms with Gasteiger partial charge in [0.1, 0.15) is 11.5 Å². The quantitative estimate of drug-likeness (QED) is 0.181. The molecule has 0 amide bonds. The summed E-state index contributed by atoms with van der Waals surface area (Å²) in [7, 11) is -3.80. The van der Waals surface area contributed by atoms with E-state index >= 15 is 0 Å².